The number of hydrogen-bond acceptors (Lipinski definition) is 3. The van der Waals surface area contributed by atoms with Crippen LogP contribution in [0.5, 0.6) is 5.75 Å². The Hall–Kier alpha value is -1.56. The van der Waals surface area contributed by atoms with Crippen molar-refractivity contribution in [2.75, 3.05) is 18.5 Å². The summed E-state index contributed by atoms with van der Waals surface area (Å²) in [5, 5.41) is 5.48. The van der Waals surface area contributed by atoms with Crippen molar-refractivity contribution in [2.24, 2.45) is 0 Å². The Balaban J connectivity index is 2.46. The molecule has 21 heavy (non-hydrogen) atoms. The normalized spacial score (nSPS) is 10.9. The summed E-state index contributed by atoms with van der Waals surface area (Å²) in [6.07, 6.45) is 0.204. The number of ether oxygens (including phenoxy) is 1. The van der Waals surface area contributed by atoms with E-state index in [0.29, 0.717) is 18.0 Å². The Bertz CT molecular complexity index is 498. The van der Waals surface area contributed by atoms with Crippen molar-refractivity contribution in [1.29, 1.82) is 0 Å². The van der Waals surface area contributed by atoms with Gasteiger partial charge in [-0.15, -0.1) is 0 Å². The average Bonchev–Trinajstić information content (AvgIpc) is 2.40. The fourth-order valence-corrected chi connectivity index (χ4v) is 1.70. The molecule has 0 unspecified atom stereocenters. The number of benzene rings is 1. The molecule has 2 amide bonds. The van der Waals surface area contributed by atoms with E-state index < -0.39 is 4.32 Å². The largest absolute Gasteiger partial charge is 0.492 e. The van der Waals surface area contributed by atoms with Crippen LogP contribution in [0.25, 0.3) is 0 Å². The van der Waals surface area contributed by atoms with Crippen LogP contribution >= 0.6 is 15.9 Å². The maximum atomic E-state index is 11.9. The predicted molar refractivity (Wildman–Crippen MR) is 86.9 cm³/mol. The Labute approximate surface area is 133 Å². The van der Waals surface area contributed by atoms with E-state index in [9.17, 15) is 9.59 Å². The molecule has 0 saturated heterocycles. The Morgan fingerprint density at radius 2 is 1.95 bits per heavy atom. The van der Waals surface area contributed by atoms with E-state index in [2.05, 4.69) is 26.6 Å². The molecular formula is C15H21BrN2O3. The quantitative estimate of drug-likeness (QED) is 0.738. The average molecular weight is 357 g/mol. The summed E-state index contributed by atoms with van der Waals surface area (Å²) in [4.78, 5) is 23.5. The van der Waals surface area contributed by atoms with E-state index in [1.54, 1.807) is 26.0 Å². The third-order valence-corrected chi connectivity index (χ3v) is 3.00. The van der Waals surface area contributed by atoms with Crippen molar-refractivity contribution in [3.63, 3.8) is 0 Å². The van der Waals surface area contributed by atoms with Crippen molar-refractivity contribution in [3.8, 4) is 5.75 Å². The van der Waals surface area contributed by atoms with E-state index in [1.165, 1.54) is 0 Å². The van der Waals surface area contributed by atoms with Crippen LogP contribution in [-0.2, 0) is 9.59 Å². The van der Waals surface area contributed by atoms with Crippen LogP contribution in [0.4, 0.5) is 5.69 Å². The second kappa shape index (κ2) is 8.02. The fraction of sp³-hybridized carbons (Fsp3) is 0.467. The summed E-state index contributed by atoms with van der Waals surface area (Å²) >= 11 is 3.26. The van der Waals surface area contributed by atoms with Crippen LogP contribution < -0.4 is 15.4 Å². The van der Waals surface area contributed by atoms with Crippen molar-refractivity contribution in [1.82, 2.24) is 5.32 Å². The van der Waals surface area contributed by atoms with Gasteiger partial charge in [-0.25, -0.2) is 0 Å². The third kappa shape index (κ3) is 6.16. The summed E-state index contributed by atoms with van der Waals surface area (Å²) in [6, 6.07) is 7.25. The van der Waals surface area contributed by atoms with Gasteiger partial charge in [0.1, 0.15) is 5.75 Å². The number of rotatable bonds is 7. The van der Waals surface area contributed by atoms with Gasteiger partial charge in [0.15, 0.2) is 0 Å². The van der Waals surface area contributed by atoms with Crippen LogP contribution in [0.1, 0.15) is 27.2 Å². The topological polar surface area (TPSA) is 67.4 Å². The molecule has 0 heterocycles. The van der Waals surface area contributed by atoms with Gasteiger partial charge < -0.3 is 15.4 Å². The van der Waals surface area contributed by atoms with Crippen LogP contribution in [-0.4, -0.2) is 29.3 Å². The lowest BCUT2D eigenvalue weighted by Gasteiger charge is -2.16. The summed E-state index contributed by atoms with van der Waals surface area (Å²) in [6.45, 7) is 6.21. The molecule has 1 aromatic carbocycles. The van der Waals surface area contributed by atoms with Gasteiger partial charge in [-0.1, -0.05) is 28.1 Å². The van der Waals surface area contributed by atoms with Crippen molar-refractivity contribution in [3.05, 3.63) is 24.3 Å². The SMILES string of the molecule is CCOc1ccccc1NC(=O)CCNC(=O)C(C)(C)Br. The lowest BCUT2D eigenvalue weighted by Crippen LogP contribution is -2.38. The van der Waals surface area contributed by atoms with Gasteiger partial charge in [0.05, 0.1) is 16.6 Å². The van der Waals surface area contributed by atoms with Gasteiger partial charge >= 0.3 is 0 Å². The molecule has 5 nitrogen and oxygen atoms in total. The van der Waals surface area contributed by atoms with Crippen LogP contribution in [0.3, 0.4) is 0 Å². The molecule has 0 atom stereocenters. The van der Waals surface area contributed by atoms with Crippen LogP contribution in [0.2, 0.25) is 0 Å². The molecule has 0 saturated carbocycles. The smallest absolute Gasteiger partial charge is 0.236 e. The molecule has 0 radical (unpaired) electrons. The van der Waals surface area contributed by atoms with Crippen LogP contribution in [0, 0.1) is 0 Å². The van der Waals surface area contributed by atoms with E-state index in [-0.39, 0.29) is 24.8 Å². The molecule has 0 aliphatic carbocycles. The molecule has 6 heteroatoms. The monoisotopic (exact) mass is 356 g/mol. The number of alkyl halides is 1. The molecule has 0 aliphatic rings. The second-order valence-corrected chi connectivity index (χ2v) is 6.94. The van der Waals surface area contributed by atoms with Crippen molar-refractivity contribution >= 4 is 33.4 Å². The molecule has 2 N–H and O–H groups in total. The summed E-state index contributed by atoms with van der Waals surface area (Å²) < 4.78 is 4.80. The Kier molecular flexibility index (Phi) is 6.68. The van der Waals surface area contributed by atoms with E-state index in [0.717, 1.165) is 0 Å². The predicted octanol–water partition coefficient (Wildman–Crippen LogP) is 2.70. The van der Waals surface area contributed by atoms with E-state index in [4.69, 9.17) is 4.74 Å². The first-order valence-corrected chi connectivity index (χ1v) is 7.62. The zero-order chi connectivity index (χ0) is 15.9. The number of anilines is 1. The van der Waals surface area contributed by atoms with Gasteiger partial charge in [-0.3, -0.25) is 9.59 Å². The van der Waals surface area contributed by atoms with Crippen molar-refractivity contribution < 1.29 is 14.3 Å². The summed E-state index contributed by atoms with van der Waals surface area (Å²) in [5.41, 5.74) is 0.636. The minimum atomic E-state index is -0.634. The standard InChI is InChI=1S/C15H21BrN2O3/c1-4-21-12-8-6-5-7-11(12)18-13(19)9-10-17-14(20)15(2,3)16/h5-8H,4,9-10H2,1-3H3,(H,17,20)(H,18,19). The fourth-order valence-electron chi connectivity index (χ4n) is 1.56. The van der Waals surface area contributed by atoms with Gasteiger partial charge in [-0.05, 0) is 32.9 Å². The number of halogens is 1. The zero-order valence-electron chi connectivity index (χ0n) is 12.5. The molecule has 0 fully saturated rings. The first-order valence-electron chi connectivity index (χ1n) is 6.83. The molecule has 1 rings (SSSR count). The highest BCUT2D eigenvalue weighted by atomic mass is 79.9. The molecule has 116 valence electrons. The van der Waals surface area contributed by atoms with Gasteiger partial charge in [0.2, 0.25) is 11.8 Å². The van der Waals surface area contributed by atoms with E-state index >= 15 is 0 Å². The zero-order valence-corrected chi connectivity index (χ0v) is 14.1. The first kappa shape index (κ1) is 17.5. The number of para-hydroxylation sites is 2. The molecular weight excluding hydrogens is 336 g/mol. The highest BCUT2D eigenvalue weighted by Gasteiger charge is 2.22. The molecule has 1 aromatic rings. The summed E-state index contributed by atoms with van der Waals surface area (Å²) in [7, 11) is 0. The molecule has 0 aliphatic heterocycles. The number of amides is 2. The Morgan fingerprint density at radius 3 is 2.57 bits per heavy atom. The van der Waals surface area contributed by atoms with Crippen LogP contribution in [0.15, 0.2) is 24.3 Å². The van der Waals surface area contributed by atoms with Crippen molar-refractivity contribution in [2.45, 2.75) is 31.5 Å². The lowest BCUT2D eigenvalue weighted by atomic mass is 10.2. The molecule has 0 spiro atoms. The third-order valence-electron chi connectivity index (χ3n) is 2.64. The highest BCUT2D eigenvalue weighted by molar-refractivity contribution is 9.10. The number of nitrogens with one attached hydrogen (secondary N) is 2. The lowest BCUT2D eigenvalue weighted by molar-refractivity contribution is -0.122. The maximum absolute atomic E-state index is 11.9. The molecule has 0 bridgehead atoms. The summed E-state index contributed by atoms with van der Waals surface area (Å²) in [5.74, 6) is 0.318. The first-order chi connectivity index (χ1) is 9.84. The van der Waals surface area contributed by atoms with Gasteiger partial charge in [0, 0.05) is 13.0 Å². The van der Waals surface area contributed by atoms with Gasteiger partial charge in [0.25, 0.3) is 0 Å². The Morgan fingerprint density at radius 1 is 1.29 bits per heavy atom. The second-order valence-electron chi connectivity index (χ2n) is 4.96. The molecule has 0 aromatic heterocycles. The maximum Gasteiger partial charge on any atom is 0.236 e. The number of carbonyl (C=O) groups is 2. The minimum absolute atomic E-state index is 0.148. The van der Waals surface area contributed by atoms with Gasteiger partial charge in [-0.2, -0.15) is 0 Å². The van der Waals surface area contributed by atoms with E-state index in [1.807, 2.05) is 19.1 Å². The number of hydrogen-bond donors (Lipinski definition) is 2. The number of carbonyl (C=O) groups excluding carboxylic acids is 2. The highest BCUT2D eigenvalue weighted by Crippen LogP contribution is 2.23. The minimum Gasteiger partial charge on any atom is -0.492 e.